The van der Waals surface area contributed by atoms with E-state index in [9.17, 15) is 4.79 Å². The number of thiocarbonyl (C=S) groups is 1. The molecule has 3 aliphatic heterocycles. The number of carbonyl (C=O) groups is 1. The van der Waals surface area contributed by atoms with E-state index in [1.807, 2.05) is 24.3 Å². The second-order valence-corrected chi connectivity index (χ2v) is 7.64. The summed E-state index contributed by atoms with van der Waals surface area (Å²) in [6, 6.07) is 10.9. The Labute approximate surface area is 169 Å². The van der Waals surface area contributed by atoms with Crippen molar-refractivity contribution < 1.29 is 23.7 Å². The van der Waals surface area contributed by atoms with Crippen molar-refractivity contribution in [2.45, 2.75) is 0 Å². The van der Waals surface area contributed by atoms with Crippen molar-refractivity contribution >= 4 is 46.5 Å². The molecule has 0 saturated carbocycles. The fourth-order valence-corrected chi connectivity index (χ4v) is 4.00. The Morgan fingerprint density at radius 3 is 2.25 bits per heavy atom. The monoisotopic (exact) mass is 412 g/mol. The van der Waals surface area contributed by atoms with E-state index in [2.05, 4.69) is 5.10 Å². The summed E-state index contributed by atoms with van der Waals surface area (Å²) in [5.74, 6) is 2.42. The topological polar surface area (TPSA) is 69.6 Å². The van der Waals surface area contributed by atoms with Crippen LogP contribution in [-0.4, -0.2) is 35.0 Å². The molecule has 0 bridgehead atoms. The number of carbonyl (C=O) groups excluding carboxylic acids is 1. The predicted octanol–water partition coefficient (Wildman–Crippen LogP) is 3.38. The number of amides is 1. The van der Waals surface area contributed by atoms with Crippen LogP contribution in [0.2, 0.25) is 0 Å². The molecule has 0 aliphatic carbocycles. The van der Waals surface area contributed by atoms with Crippen LogP contribution in [-0.2, 0) is 4.79 Å². The van der Waals surface area contributed by atoms with E-state index in [1.165, 1.54) is 16.8 Å². The molecular formula is C19H12N2O5S2. The third-order valence-corrected chi connectivity index (χ3v) is 5.47. The minimum atomic E-state index is -0.273. The van der Waals surface area contributed by atoms with Crippen LogP contribution >= 0.6 is 24.0 Å². The van der Waals surface area contributed by atoms with Gasteiger partial charge in [0.05, 0.1) is 11.1 Å². The number of hydrogen-bond donors (Lipinski definition) is 0. The van der Waals surface area contributed by atoms with E-state index in [1.54, 1.807) is 24.4 Å². The van der Waals surface area contributed by atoms with E-state index in [-0.39, 0.29) is 19.5 Å². The third kappa shape index (κ3) is 3.08. The molecule has 0 N–H and O–H groups in total. The molecule has 140 valence electrons. The van der Waals surface area contributed by atoms with Gasteiger partial charge in [-0.1, -0.05) is 17.8 Å². The average molecular weight is 412 g/mol. The summed E-state index contributed by atoms with van der Waals surface area (Å²) in [5.41, 5.74) is 1.60. The fraction of sp³-hybridized carbons (Fsp3) is 0.105. The van der Waals surface area contributed by atoms with Gasteiger partial charge >= 0.3 is 0 Å². The summed E-state index contributed by atoms with van der Waals surface area (Å²) in [7, 11) is 0. The highest BCUT2D eigenvalue weighted by Gasteiger charge is 2.32. The van der Waals surface area contributed by atoms with Crippen LogP contribution in [0.4, 0.5) is 0 Å². The first-order chi connectivity index (χ1) is 13.7. The number of fused-ring (bicyclic) bond motifs is 2. The lowest BCUT2D eigenvalue weighted by molar-refractivity contribution is -0.122. The summed E-state index contributed by atoms with van der Waals surface area (Å²) in [6.45, 7) is 0.407. The second kappa shape index (κ2) is 6.84. The van der Waals surface area contributed by atoms with Crippen LogP contribution < -0.4 is 18.9 Å². The SMILES string of the molecule is O=C1/C(=C/c2ccc3c(c2)OCO3)SC(=S)N1/N=C\c1ccc2c(c1)OCO2. The summed E-state index contributed by atoms with van der Waals surface area (Å²) < 4.78 is 21.7. The first kappa shape index (κ1) is 17.1. The van der Waals surface area contributed by atoms with Crippen LogP contribution in [0, 0.1) is 0 Å². The lowest BCUT2D eigenvalue weighted by atomic mass is 10.2. The van der Waals surface area contributed by atoms with Gasteiger partial charge in [-0.3, -0.25) is 4.79 Å². The molecule has 9 heteroatoms. The Morgan fingerprint density at radius 1 is 0.929 bits per heavy atom. The quantitative estimate of drug-likeness (QED) is 0.435. The Kier molecular flexibility index (Phi) is 4.18. The first-order valence-electron chi connectivity index (χ1n) is 8.29. The molecule has 28 heavy (non-hydrogen) atoms. The number of hydrazone groups is 1. The zero-order valence-electron chi connectivity index (χ0n) is 14.3. The molecule has 0 aromatic heterocycles. The van der Waals surface area contributed by atoms with Gasteiger partial charge in [-0.25, -0.2) is 0 Å². The lowest BCUT2D eigenvalue weighted by Crippen LogP contribution is -2.22. The zero-order valence-corrected chi connectivity index (χ0v) is 15.9. The van der Waals surface area contributed by atoms with Crippen molar-refractivity contribution in [3.63, 3.8) is 0 Å². The molecule has 2 aromatic rings. The maximum Gasteiger partial charge on any atom is 0.286 e. The van der Waals surface area contributed by atoms with Crippen molar-refractivity contribution in [3.05, 3.63) is 52.4 Å². The van der Waals surface area contributed by atoms with E-state index in [0.717, 1.165) is 11.1 Å². The van der Waals surface area contributed by atoms with Gasteiger partial charge in [-0.15, -0.1) is 0 Å². The number of rotatable bonds is 3. The van der Waals surface area contributed by atoms with Crippen molar-refractivity contribution in [2.75, 3.05) is 13.6 Å². The highest BCUT2D eigenvalue weighted by atomic mass is 32.2. The van der Waals surface area contributed by atoms with Crippen LogP contribution in [0.25, 0.3) is 6.08 Å². The molecular weight excluding hydrogens is 400 g/mol. The van der Waals surface area contributed by atoms with E-state index >= 15 is 0 Å². The van der Waals surface area contributed by atoms with Crippen LogP contribution in [0.15, 0.2) is 46.4 Å². The molecule has 1 saturated heterocycles. The molecule has 0 atom stereocenters. The number of nitrogens with zero attached hydrogens (tertiary/aromatic N) is 2. The summed E-state index contributed by atoms with van der Waals surface area (Å²) >= 11 is 6.51. The minimum Gasteiger partial charge on any atom is -0.454 e. The van der Waals surface area contributed by atoms with E-state index in [4.69, 9.17) is 31.2 Å². The lowest BCUT2D eigenvalue weighted by Gasteiger charge is -2.06. The normalized spacial score (nSPS) is 18.7. The second-order valence-electron chi connectivity index (χ2n) is 5.96. The molecule has 0 radical (unpaired) electrons. The highest BCUT2D eigenvalue weighted by molar-refractivity contribution is 8.26. The van der Waals surface area contributed by atoms with E-state index < -0.39 is 0 Å². The summed E-state index contributed by atoms with van der Waals surface area (Å²) in [4.78, 5) is 13.2. The number of benzene rings is 2. The molecule has 0 spiro atoms. The third-order valence-electron chi connectivity index (χ3n) is 4.19. The van der Waals surface area contributed by atoms with Crippen LogP contribution in [0.1, 0.15) is 11.1 Å². The Morgan fingerprint density at radius 2 is 1.54 bits per heavy atom. The van der Waals surface area contributed by atoms with Crippen molar-refractivity contribution in [2.24, 2.45) is 5.10 Å². The number of ether oxygens (including phenoxy) is 4. The Bertz CT molecular complexity index is 1070. The molecule has 0 unspecified atom stereocenters. The fourth-order valence-electron chi connectivity index (χ4n) is 2.83. The van der Waals surface area contributed by atoms with Gasteiger partial charge in [0, 0.05) is 0 Å². The number of hydrogen-bond acceptors (Lipinski definition) is 8. The zero-order chi connectivity index (χ0) is 19.1. The first-order valence-corrected chi connectivity index (χ1v) is 9.51. The number of thioether (sulfide) groups is 1. The van der Waals surface area contributed by atoms with Crippen LogP contribution in [0.5, 0.6) is 23.0 Å². The van der Waals surface area contributed by atoms with Crippen LogP contribution in [0.3, 0.4) is 0 Å². The molecule has 1 fully saturated rings. The van der Waals surface area contributed by atoms with Gasteiger partial charge in [0.15, 0.2) is 27.3 Å². The largest absolute Gasteiger partial charge is 0.454 e. The molecule has 5 rings (SSSR count). The molecule has 1 amide bonds. The highest BCUT2D eigenvalue weighted by Crippen LogP contribution is 2.37. The van der Waals surface area contributed by atoms with Gasteiger partial charge in [-0.2, -0.15) is 10.1 Å². The molecule has 3 aliphatic rings. The Balaban J connectivity index is 1.35. The van der Waals surface area contributed by atoms with Gasteiger partial charge < -0.3 is 18.9 Å². The van der Waals surface area contributed by atoms with Gasteiger partial charge in [-0.05, 0) is 59.8 Å². The summed E-state index contributed by atoms with van der Waals surface area (Å²) in [5, 5.41) is 5.46. The molecule has 7 nitrogen and oxygen atoms in total. The van der Waals surface area contributed by atoms with Gasteiger partial charge in [0.1, 0.15) is 0 Å². The van der Waals surface area contributed by atoms with Crippen molar-refractivity contribution in [1.29, 1.82) is 0 Å². The minimum absolute atomic E-state index is 0.204. The maximum absolute atomic E-state index is 12.7. The summed E-state index contributed by atoms with van der Waals surface area (Å²) in [6.07, 6.45) is 3.33. The Hall–Kier alpha value is -3.04. The molecule has 3 heterocycles. The average Bonchev–Trinajstić information content (AvgIpc) is 3.40. The van der Waals surface area contributed by atoms with E-state index in [0.29, 0.717) is 32.2 Å². The molecule has 2 aromatic carbocycles. The predicted molar refractivity (Wildman–Crippen MR) is 108 cm³/mol. The smallest absolute Gasteiger partial charge is 0.286 e. The van der Waals surface area contributed by atoms with Gasteiger partial charge in [0.2, 0.25) is 13.6 Å². The maximum atomic E-state index is 12.7. The van der Waals surface area contributed by atoms with Crippen molar-refractivity contribution in [3.8, 4) is 23.0 Å². The van der Waals surface area contributed by atoms with Crippen molar-refractivity contribution in [1.82, 2.24) is 5.01 Å². The van der Waals surface area contributed by atoms with Gasteiger partial charge in [0.25, 0.3) is 5.91 Å². The standard InChI is InChI=1S/C19H12N2O5S2/c22-18-17(7-11-1-3-13-15(5-11)25-9-23-13)28-19(27)21(18)20-8-12-2-4-14-16(6-12)26-10-24-14/h1-8H,9-10H2/b17-7-,20-8-.